The summed E-state index contributed by atoms with van der Waals surface area (Å²) in [5.41, 5.74) is 3.04. The summed E-state index contributed by atoms with van der Waals surface area (Å²) in [5.74, 6) is -0.930. The minimum absolute atomic E-state index is 0.321. The van der Waals surface area contributed by atoms with Gasteiger partial charge in [0.2, 0.25) is 0 Å². The molecule has 0 spiro atoms. The van der Waals surface area contributed by atoms with E-state index in [1.165, 1.54) is 5.56 Å². The van der Waals surface area contributed by atoms with E-state index in [0.29, 0.717) is 28.0 Å². The van der Waals surface area contributed by atoms with Gasteiger partial charge in [-0.25, -0.2) is 9.78 Å². The van der Waals surface area contributed by atoms with Crippen LogP contribution in [0, 0.1) is 0 Å². The molecule has 0 aliphatic heterocycles. The average Bonchev–Trinajstić information content (AvgIpc) is 2.89. The van der Waals surface area contributed by atoms with E-state index in [0.717, 1.165) is 42.8 Å². The minimum Gasteiger partial charge on any atom is -0.478 e. The molecule has 2 aromatic heterocycles. The second kappa shape index (κ2) is 8.77. The summed E-state index contributed by atoms with van der Waals surface area (Å²) < 4.78 is 1.88. The van der Waals surface area contributed by atoms with Gasteiger partial charge >= 0.3 is 5.97 Å². The summed E-state index contributed by atoms with van der Waals surface area (Å²) in [6.07, 6.45) is 7.46. The molecule has 0 amide bonds. The van der Waals surface area contributed by atoms with Gasteiger partial charge in [-0.1, -0.05) is 48.2 Å². The van der Waals surface area contributed by atoms with Crippen LogP contribution in [-0.4, -0.2) is 20.6 Å². The van der Waals surface area contributed by atoms with Crippen LogP contribution in [-0.2, 0) is 19.9 Å². The van der Waals surface area contributed by atoms with Crippen molar-refractivity contribution in [3.8, 4) is 0 Å². The summed E-state index contributed by atoms with van der Waals surface area (Å²) in [7, 11) is 1.87. The fourth-order valence-corrected chi connectivity index (χ4v) is 3.90. The molecular formula is C21H22Cl2N2O2. The third kappa shape index (κ3) is 4.63. The van der Waals surface area contributed by atoms with E-state index in [2.05, 4.69) is 11.1 Å². The highest BCUT2D eigenvalue weighted by Crippen LogP contribution is 2.27. The van der Waals surface area contributed by atoms with E-state index in [9.17, 15) is 9.90 Å². The van der Waals surface area contributed by atoms with Crippen molar-refractivity contribution in [2.45, 2.75) is 38.5 Å². The largest absolute Gasteiger partial charge is 0.478 e. The van der Waals surface area contributed by atoms with E-state index in [1.807, 2.05) is 29.8 Å². The summed E-state index contributed by atoms with van der Waals surface area (Å²) in [4.78, 5) is 16.1. The maximum absolute atomic E-state index is 11.8. The van der Waals surface area contributed by atoms with E-state index < -0.39 is 5.97 Å². The van der Waals surface area contributed by atoms with Gasteiger partial charge in [0.25, 0.3) is 0 Å². The second-order valence-electron chi connectivity index (χ2n) is 6.75. The van der Waals surface area contributed by atoms with Crippen molar-refractivity contribution in [2.24, 2.45) is 7.05 Å². The third-order valence-electron chi connectivity index (χ3n) is 4.85. The average molecular weight is 405 g/mol. The molecule has 3 rings (SSSR count). The van der Waals surface area contributed by atoms with Crippen LogP contribution in [0.3, 0.4) is 0 Å². The summed E-state index contributed by atoms with van der Waals surface area (Å²) in [6, 6.07) is 9.65. The molecule has 0 saturated carbocycles. The van der Waals surface area contributed by atoms with Gasteiger partial charge in [0.1, 0.15) is 5.65 Å². The fraction of sp³-hybridized carbons (Fsp3) is 0.333. The molecule has 4 nitrogen and oxygen atoms in total. The number of aryl methyl sites for hydroxylation is 2. The number of halogens is 2. The van der Waals surface area contributed by atoms with Gasteiger partial charge in [0, 0.05) is 29.3 Å². The molecule has 6 heteroatoms. The molecule has 0 radical (unpaired) electrons. The maximum atomic E-state index is 11.8. The Balaban J connectivity index is 1.59. The van der Waals surface area contributed by atoms with Crippen LogP contribution < -0.4 is 0 Å². The van der Waals surface area contributed by atoms with Gasteiger partial charge in [-0.3, -0.25) is 0 Å². The topological polar surface area (TPSA) is 55.1 Å². The van der Waals surface area contributed by atoms with Crippen molar-refractivity contribution in [2.75, 3.05) is 0 Å². The van der Waals surface area contributed by atoms with Crippen LogP contribution in [0.5, 0.6) is 0 Å². The number of benzene rings is 1. The zero-order valence-corrected chi connectivity index (χ0v) is 16.7. The van der Waals surface area contributed by atoms with E-state index in [4.69, 9.17) is 23.2 Å². The van der Waals surface area contributed by atoms with Crippen molar-refractivity contribution >= 4 is 40.2 Å². The molecule has 3 aromatic rings. The molecule has 0 saturated heterocycles. The number of nitrogens with zero attached hydrogens (tertiary/aromatic N) is 2. The Labute approximate surface area is 168 Å². The highest BCUT2D eigenvalue weighted by molar-refractivity contribution is 6.31. The molecule has 0 bridgehead atoms. The van der Waals surface area contributed by atoms with Crippen molar-refractivity contribution in [3.63, 3.8) is 0 Å². The predicted octanol–water partition coefficient (Wildman–Crippen LogP) is 5.92. The highest BCUT2D eigenvalue weighted by Gasteiger charge is 2.21. The number of rotatable bonds is 8. The lowest BCUT2D eigenvalue weighted by Gasteiger charge is -2.06. The molecule has 27 heavy (non-hydrogen) atoms. The van der Waals surface area contributed by atoms with Crippen LogP contribution in [0.15, 0.2) is 36.5 Å². The van der Waals surface area contributed by atoms with Crippen molar-refractivity contribution in [3.05, 3.63) is 63.4 Å². The van der Waals surface area contributed by atoms with Gasteiger partial charge in [-0.2, -0.15) is 0 Å². The monoisotopic (exact) mass is 404 g/mol. The number of unbranched alkanes of at least 4 members (excludes halogenated alkanes) is 3. The zero-order valence-electron chi connectivity index (χ0n) is 15.2. The molecule has 0 atom stereocenters. The van der Waals surface area contributed by atoms with Crippen LogP contribution in [0.25, 0.3) is 11.0 Å². The number of hydrogen-bond acceptors (Lipinski definition) is 2. The number of carboxylic acid groups (broad SMARTS) is 1. The summed E-state index contributed by atoms with van der Waals surface area (Å²) in [5, 5.41) is 11.5. The molecule has 0 fully saturated rings. The molecule has 0 aliphatic carbocycles. The molecule has 0 aliphatic rings. The van der Waals surface area contributed by atoms with Gasteiger partial charge in [0.05, 0.1) is 10.6 Å². The highest BCUT2D eigenvalue weighted by atomic mass is 35.5. The first kappa shape index (κ1) is 19.7. The van der Waals surface area contributed by atoms with E-state index in [-0.39, 0.29) is 0 Å². The predicted molar refractivity (Wildman–Crippen MR) is 110 cm³/mol. The van der Waals surface area contributed by atoms with Crippen LogP contribution in [0.4, 0.5) is 0 Å². The Bertz CT molecular complexity index is 966. The van der Waals surface area contributed by atoms with Crippen molar-refractivity contribution in [1.82, 2.24) is 9.55 Å². The van der Waals surface area contributed by atoms with Crippen LogP contribution >= 0.6 is 23.2 Å². The third-order valence-corrected chi connectivity index (χ3v) is 5.29. The Morgan fingerprint density at radius 2 is 1.81 bits per heavy atom. The maximum Gasteiger partial charge on any atom is 0.338 e. The first-order valence-corrected chi connectivity index (χ1v) is 9.83. The lowest BCUT2D eigenvalue weighted by molar-refractivity contribution is 0.0697. The second-order valence-corrected chi connectivity index (χ2v) is 7.63. The lowest BCUT2D eigenvalue weighted by Crippen LogP contribution is -2.04. The lowest BCUT2D eigenvalue weighted by atomic mass is 10.0. The Morgan fingerprint density at radius 1 is 1.07 bits per heavy atom. The van der Waals surface area contributed by atoms with E-state index >= 15 is 0 Å². The summed E-state index contributed by atoms with van der Waals surface area (Å²) >= 11 is 12.0. The smallest absolute Gasteiger partial charge is 0.338 e. The first-order valence-electron chi connectivity index (χ1n) is 9.08. The van der Waals surface area contributed by atoms with Gasteiger partial charge < -0.3 is 9.67 Å². The normalized spacial score (nSPS) is 11.2. The Morgan fingerprint density at radius 3 is 2.52 bits per heavy atom. The standard InChI is InChI=1S/C21H22Cl2N2O2/c1-25-18(19(21(26)27)17-12-16(23)13-24-20(17)25)10-5-3-2-4-7-14-8-6-9-15(22)11-14/h6,8-9,11-13H,2-5,7,10H2,1H3,(H,26,27). The van der Waals surface area contributed by atoms with Gasteiger partial charge in [0.15, 0.2) is 0 Å². The zero-order chi connectivity index (χ0) is 19.4. The Hall–Kier alpha value is -2.04. The number of carboxylic acids is 1. The number of aromatic nitrogens is 2. The number of hydrogen-bond donors (Lipinski definition) is 1. The van der Waals surface area contributed by atoms with Crippen molar-refractivity contribution in [1.29, 1.82) is 0 Å². The van der Waals surface area contributed by atoms with Gasteiger partial charge in [-0.05, 0) is 49.4 Å². The molecule has 1 N–H and O–H groups in total. The van der Waals surface area contributed by atoms with Crippen molar-refractivity contribution < 1.29 is 9.90 Å². The SMILES string of the molecule is Cn1c(CCCCCCc2cccc(Cl)c2)c(C(=O)O)c2cc(Cl)cnc21. The molecule has 2 heterocycles. The number of pyridine rings is 1. The molecule has 142 valence electrons. The molecule has 0 unspecified atom stereocenters. The first-order chi connectivity index (χ1) is 13.0. The number of fused-ring (bicyclic) bond motifs is 1. The quantitative estimate of drug-likeness (QED) is 0.473. The summed E-state index contributed by atoms with van der Waals surface area (Å²) in [6.45, 7) is 0. The van der Waals surface area contributed by atoms with Crippen LogP contribution in [0.1, 0.15) is 47.3 Å². The minimum atomic E-state index is -0.930. The number of carbonyl (C=O) groups is 1. The fourth-order valence-electron chi connectivity index (χ4n) is 3.53. The Kier molecular flexibility index (Phi) is 6.40. The molecular weight excluding hydrogens is 383 g/mol. The number of aromatic carboxylic acids is 1. The van der Waals surface area contributed by atoms with Crippen LogP contribution in [0.2, 0.25) is 10.0 Å². The van der Waals surface area contributed by atoms with E-state index in [1.54, 1.807) is 12.3 Å². The van der Waals surface area contributed by atoms with Gasteiger partial charge in [-0.15, -0.1) is 0 Å². The molecule has 1 aromatic carbocycles.